The molecule has 2 aromatic heterocycles. The van der Waals surface area contributed by atoms with Crippen molar-refractivity contribution in [3.63, 3.8) is 0 Å². The number of benzene rings is 5. The number of anilines is 4. The number of aromatic nitrogens is 2. The van der Waals surface area contributed by atoms with E-state index in [0.29, 0.717) is 13.2 Å². The maximum absolute atomic E-state index is 7.04. The predicted molar refractivity (Wildman–Crippen MR) is 311 cm³/mol. The molecule has 0 N–H and O–H groups in total. The number of para-hydroxylation sites is 3. The van der Waals surface area contributed by atoms with E-state index >= 15 is 0 Å². The summed E-state index contributed by atoms with van der Waals surface area (Å²) in [6.07, 6.45) is 1.82. The van der Waals surface area contributed by atoms with Gasteiger partial charge in [-0.3, -0.25) is 0 Å². The van der Waals surface area contributed by atoms with Gasteiger partial charge in [0.05, 0.1) is 0 Å². The van der Waals surface area contributed by atoms with Crippen LogP contribution < -0.4 is 20.7 Å². The van der Waals surface area contributed by atoms with E-state index in [9.17, 15) is 0 Å². The monoisotopic (exact) mass is 1190 g/mol. The van der Waals surface area contributed by atoms with Gasteiger partial charge in [-0.25, -0.2) is 4.98 Å². The molecule has 3 aliphatic rings. The van der Waals surface area contributed by atoms with Crippen LogP contribution in [0.25, 0.3) is 27.6 Å². The van der Waals surface area contributed by atoms with E-state index in [1.165, 1.54) is 0 Å². The Morgan fingerprint density at radius 3 is 1.57 bits per heavy atom. The zero-order valence-corrected chi connectivity index (χ0v) is 49.2. The van der Waals surface area contributed by atoms with Crippen LogP contribution in [0.15, 0.2) is 115 Å². The molecule has 0 aliphatic carbocycles. The van der Waals surface area contributed by atoms with Crippen molar-refractivity contribution in [1.29, 1.82) is 0 Å². The fraction of sp³-hybridized carbons (Fsp3) is 0.379. The summed E-state index contributed by atoms with van der Waals surface area (Å²) in [5.41, 5.74) is 9.95. The van der Waals surface area contributed by atoms with E-state index in [-0.39, 0.29) is 47.7 Å². The fourth-order valence-corrected chi connectivity index (χ4v) is 9.77. The zero-order valence-electron chi connectivity index (χ0n) is 46.9. The summed E-state index contributed by atoms with van der Waals surface area (Å²) in [6, 6.07) is 45.2. The quantitative estimate of drug-likeness (QED) is 0.103. The Labute approximate surface area is 468 Å². The molecule has 0 radical (unpaired) electrons. The molecule has 2 saturated heterocycles. The summed E-state index contributed by atoms with van der Waals surface area (Å²) in [4.78, 5) is 9.12. The first-order valence-corrected chi connectivity index (χ1v) is 26.4. The molecule has 0 saturated carbocycles. The first kappa shape index (κ1) is 56.2. The van der Waals surface area contributed by atoms with E-state index in [0.717, 1.165) is 78.0 Å². The van der Waals surface area contributed by atoms with E-state index in [4.69, 9.17) is 37.2 Å². The van der Waals surface area contributed by atoms with Gasteiger partial charge in [0.15, 0.2) is 0 Å². The first-order valence-electron chi connectivity index (χ1n) is 26.4. The van der Waals surface area contributed by atoms with E-state index in [2.05, 4.69) is 228 Å². The molecule has 10 rings (SSSR count). The van der Waals surface area contributed by atoms with Gasteiger partial charge < -0.3 is 46.5 Å². The van der Waals surface area contributed by atoms with Crippen LogP contribution in [0, 0.1) is 18.8 Å². The summed E-state index contributed by atoms with van der Waals surface area (Å²) in [5.74, 6) is 0.847. The molecular formula is C58H69B6N4O7Pt-3. The Morgan fingerprint density at radius 1 is 0.526 bits per heavy atom. The molecule has 5 aromatic carbocycles. The molecule has 394 valence electrons. The standard InChI is InChI=1S/C58H69B6N4O7.Pt/c1-54(2,3)42-35-46(59-70-61(55(4,5)6)74-62(71-59)56(7,8)9)53(47(36-42)60-72-63(57(10,11)12)75-64(73-60)58(13,14)15)67-39-66(49-27-18-19-28-50(49)67)43-24-22-23-40(33-43)37-69-38-41-30-31-45-44-25-16-17-26-48(44)68(51(45)34-41)52-29-20-21-32-65-52;/h16-32,35-36,39H,37-38H2,1-15H3;/q-3;. The van der Waals surface area contributed by atoms with Crippen molar-refractivity contribution >= 4 is 98.2 Å². The Kier molecular flexibility index (Phi) is 15.7. The minimum Gasteiger partial charge on any atom is -0.493 e. The Morgan fingerprint density at radius 2 is 1.04 bits per heavy atom. The van der Waals surface area contributed by atoms with Crippen LogP contribution in [-0.4, -0.2) is 52.3 Å². The number of hydrogen-bond acceptors (Lipinski definition) is 10. The molecule has 2 fully saturated rings. The summed E-state index contributed by atoms with van der Waals surface area (Å²) in [7, 11) is -3.98. The van der Waals surface area contributed by atoms with Crippen LogP contribution in [0.3, 0.4) is 0 Å². The molecule has 11 nitrogen and oxygen atoms in total. The van der Waals surface area contributed by atoms with Crippen molar-refractivity contribution in [2.24, 2.45) is 0 Å². The van der Waals surface area contributed by atoms with Gasteiger partial charge in [-0.1, -0.05) is 158 Å². The average Bonchev–Trinajstić information content (AvgIpc) is 3.91. The van der Waals surface area contributed by atoms with Crippen LogP contribution in [-0.2, 0) is 71.9 Å². The second kappa shape index (κ2) is 21.3. The summed E-state index contributed by atoms with van der Waals surface area (Å²) >= 11 is 0. The Bertz CT molecular complexity index is 3090. The Balaban J connectivity index is 0.00000706. The van der Waals surface area contributed by atoms with Crippen molar-refractivity contribution in [2.75, 3.05) is 9.80 Å². The second-order valence-corrected chi connectivity index (χ2v) is 25.7. The number of rotatable bonds is 9. The van der Waals surface area contributed by atoms with Crippen molar-refractivity contribution < 1.29 is 53.2 Å². The molecule has 0 bridgehead atoms. The topological polar surface area (TPSA) is 88.9 Å². The van der Waals surface area contributed by atoms with Gasteiger partial charge in [-0.15, -0.1) is 28.9 Å². The first-order chi connectivity index (χ1) is 35.3. The van der Waals surface area contributed by atoms with Crippen molar-refractivity contribution in [3.05, 3.63) is 151 Å². The van der Waals surface area contributed by atoms with Gasteiger partial charge in [-0.2, -0.15) is 42.5 Å². The number of nitrogens with zero attached hydrogens (tertiary/aromatic N) is 4. The van der Waals surface area contributed by atoms with Crippen LogP contribution in [0.4, 0.5) is 22.7 Å². The number of pyridine rings is 1. The molecule has 5 heterocycles. The number of hydrogen-bond donors (Lipinski definition) is 0. The van der Waals surface area contributed by atoms with Gasteiger partial charge in [0.25, 0.3) is 0 Å². The maximum Gasteiger partial charge on any atom is 0.468 e. The van der Waals surface area contributed by atoms with Crippen LogP contribution in [0.2, 0.25) is 21.3 Å². The van der Waals surface area contributed by atoms with E-state index in [1.54, 1.807) is 0 Å². The molecule has 7 aromatic rings. The van der Waals surface area contributed by atoms with Crippen molar-refractivity contribution in [1.82, 2.24) is 9.55 Å². The number of ether oxygens (including phenoxy) is 1. The van der Waals surface area contributed by atoms with Gasteiger partial charge >= 0.3 is 42.7 Å². The predicted octanol–water partition coefficient (Wildman–Crippen LogP) is 12.9. The summed E-state index contributed by atoms with van der Waals surface area (Å²) in [6.45, 7) is 35.2. The van der Waals surface area contributed by atoms with Gasteiger partial charge in [0, 0.05) is 74.0 Å². The zero-order chi connectivity index (χ0) is 53.4. The minimum absolute atomic E-state index is 0. The fourth-order valence-electron chi connectivity index (χ4n) is 9.77. The summed E-state index contributed by atoms with van der Waals surface area (Å²) < 4.78 is 50.1. The van der Waals surface area contributed by atoms with Gasteiger partial charge in [-0.05, 0) is 68.0 Å². The molecular weight excluding hydrogens is 1120 g/mol. The molecule has 0 atom stereocenters. The van der Waals surface area contributed by atoms with E-state index in [1.807, 2.05) is 24.4 Å². The SMILES string of the molecule is CC(C)(C)B1OB(c2cc(C(C)(C)C)cc(B3OB(C(C)(C)C)OB(C(C)(C)C)O3)c2N2[CH-]N(c3[c-]c(COCc4[c-]c5c(cc4)c4ccccc4n5-c4ccccn4)ccc3)c3ccccc32)OB(C(C)(C)C)O1.[Pt]. The molecule has 18 heteroatoms. The molecule has 0 spiro atoms. The van der Waals surface area contributed by atoms with Crippen molar-refractivity contribution in [3.8, 4) is 5.82 Å². The van der Waals surface area contributed by atoms with E-state index < -0.39 is 42.7 Å². The molecule has 0 unspecified atom stereocenters. The third-order valence-electron chi connectivity index (χ3n) is 13.9. The van der Waals surface area contributed by atoms with Crippen LogP contribution in [0.1, 0.15) is 121 Å². The summed E-state index contributed by atoms with van der Waals surface area (Å²) in [5, 5.41) is 0.791. The Hall–Kier alpha value is -4.55. The molecule has 0 amide bonds. The van der Waals surface area contributed by atoms with Gasteiger partial charge in [0.1, 0.15) is 5.82 Å². The average molecular weight is 1190 g/mol. The normalized spacial score (nSPS) is 16.1. The molecule has 76 heavy (non-hydrogen) atoms. The van der Waals surface area contributed by atoms with Crippen LogP contribution >= 0.6 is 0 Å². The van der Waals surface area contributed by atoms with Gasteiger partial charge in [0.2, 0.25) is 0 Å². The largest absolute Gasteiger partial charge is 0.493 e. The minimum atomic E-state index is -0.835. The van der Waals surface area contributed by atoms with Crippen LogP contribution in [0.5, 0.6) is 0 Å². The smallest absolute Gasteiger partial charge is 0.468 e. The maximum atomic E-state index is 7.04. The second-order valence-electron chi connectivity index (χ2n) is 25.7. The third kappa shape index (κ3) is 11.5. The number of fused-ring (bicyclic) bond motifs is 4. The third-order valence-corrected chi connectivity index (χ3v) is 13.9. The molecule has 3 aliphatic heterocycles. The van der Waals surface area contributed by atoms with Crippen molar-refractivity contribution in [2.45, 2.75) is 144 Å².